The first kappa shape index (κ1) is 44.4. The molecule has 4 N–H and O–H groups in total. The van der Waals surface area contributed by atoms with Crippen LogP contribution in [0.1, 0.15) is 82.5 Å². The third-order valence-corrected chi connectivity index (χ3v) is 9.77. The van der Waals surface area contributed by atoms with Gasteiger partial charge < -0.3 is 45.6 Å². The highest BCUT2D eigenvalue weighted by Crippen LogP contribution is 2.27. The molecule has 1 aromatic heterocycles. The van der Waals surface area contributed by atoms with Crippen LogP contribution in [0.25, 0.3) is 6.08 Å². The van der Waals surface area contributed by atoms with Gasteiger partial charge in [0.05, 0.1) is 12.2 Å². The van der Waals surface area contributed by atoms with Crippen LogP contribution in [0.3, 0.4) is 0 Å². The van der Waals surface area contributed by atoms with Crippen LogP contribution in [0, 0.1) is 0 Å². The number of nitrogens with two attached hydrogens (primary N) is 1. The fourth-order valence-corrected chi connectivity index (χ4v) is 6.76. The number of fused-ring (bicyclic) bond motifs is 1. The fourth-order valence-electron chi connectivity index (χ4n) is 6.76. The van der Waals surface area contributed by atoms with Crippen LogP contribution in [-0.4, -0.2) is 119 Å². The summed E-state index contributed by atoms with van der Waals surface area (Å²) >= 11 is 0. The maximum absolute atomic E-state index is 12.9. The van der Waals surface area contributed by atoms with Crippen molar-refractivity contribution in [1.82, 2.24) is 25.1 Å². The molecule has 0 spiro atoms. The number of rotatable bonds is 12. The average molecular weight is 756 g/mol. The van der Waals surface area contributed by atoms with Gasteiger partial charge in [-0.1, -0.05) is 24.8 Å². The molecule has 6 rings (SSSR count). The summed E-state index contributed by atoms with van der Waals surface area (Å²) in [5, 5.41) is 6.07. The third-order valence-electron chi connectivity index (χ3n) is 9.77. The number of benzene rings is 2. The summed E-state index contributed by atoms with van der Waals surface area (Å²) in [4.78, 5) is 63.4. The molecule has 298 valence electrons. The zero-order valence-electron chi connectivity index (χ0n) is 33.4. The Morgan fingerprint density at radius 2 is 1.62 bits per heavy atom. The molecule has 1 unspecified atom stereocenters. The Labute approximate surface area is 327 Å². The molecule has 3 aliphatic heterocycles. The first-order valence-corrected chi connectivity index (χ1v) is 19.2. The standard InChI is InChI=1S/C20H25N5O.C19H24N2O3.C2H7N.CH5N/c1-24-10-7-15-11-17(6-5-16(15)13-24)22-20-18(14-26)21-12-19(23-20)25-8-3-2-4-9-25;1-3-15-8-9-16(21-10-4-5-11-21)13-18(15)19(24)20(2)17(14-23)7-6-12-22;1-3-2;1-2/h5-6,11-12,14H,2-4,7-10,13H2,1H3,(H,22,23);3,8-9,12-14,17H,1,4-7,10-11H2,2H3;3H,1-2H3;2H2,1H3. The molecule has 4 heterocycles. The Bertz CT molecular complexity index is 1690. The van der Waals surface area contributed by atoms with E-state index in [1.165, 1.54) is 42.3 Å². The van der Waals surface area contributed by atoms with Crippen LogP contribution >= 0.6 is 0 Å². The molecule has 0 aliphatic carbocycles. The molecule has 1 amide bonds. The first-order valence-electron chi connectivity index (χ1n) is 19.2. The lowest BCUT2D eigenvalue weighted by molar-refractivity contribution is -0.112. The lowest BCUT2D eigenvalue weighted by atomic mass is 9.99. The molecule has 0 bridgehead atoms. The van der Waals surface area contributed by atoms with Gasteiger partial charge in [0.1, 0.15) is 24.1 Å². The van der Waals surface area contributed by atoms with E-state index < -0.39 is 6.04 Å². The second-order valence-electron chi connectivity index (χ2n) is 13.8. The van der Waals surface area contributed by atoms with E-state index in [4.69, 9.17) is 4.98 Å². The van der Waals surface area contributed by atoms with Crippen molar-refractivity contribution in [1.29, 1.82) is 0 Å². The number of nitrogens with one attached hydrogen (secondary N) is 2. The summed E-state index contributed by atoms with van der Waals surface area (Å²) in [5.74, 6) is 1.15. The minimum absolute atomic E-state index is 0.228. The van der Waals surface area contributed by atoms with E-state index in [1.54, 1.807) is 19.3 Å². The largest absolute Gasteiger partial charge is 0.372 e. The van der Waals surface area contributed by atoms with Crippen LogP contribution in [0.4, 0.5) is 23.0 Å². The molecular formula is C42H61N9O4. The Morgan fingerprint density at radius 3 is 2.25 bits per heavy atom. The van der Waals surface area contributed by atoms with Crippen molar-refractivity contribution in [3.05, 3.63) is 77.1 Å². The van der Waals surface area contributed by atoms with Crippen LogP contribution in [-0.2, 0) is 22.6 Å². The topological polar surface area (TPSA) is 157 Å². The SMILES string of the molecule is C=Cc1ccc(N2CCCC2)cc1C(=O)N(C)C(C=O)CCC=O.CN.CN1CCc2cc(Nc3nc(N4CCCCC4)cnc3C=O)ccc2C1.CNC. The minimum Gasteiger partial charge on any atom is -0.372 e. The number of nitrogens with zero attached hydrogens (tertiary/aromatic N) is 6. The molecule has 13 heteroatoms. The van der Waals surface area contributed by atoms with Crippen molar-refractivity contribution in [2.75, 3.05) is 83.1 Å². The minimum atomic E-state index is -0.601. The molecule has 2 saturated heterocycles. The number of aldehydes is 3. The number of hydrogen-bond donors (Lipinski definition) is 3. The molecule has 1 atom stereocenters. The molecule has 0 radical (unpaired) electrons. The summed E-state index contributed by atoms with van der Waals surface area (Å²) in [6.07, 6.45) is 13.2. The summed E-state index contributed by atoms with van der Waals surface area (Å²) in [6, 6.07) is 11.6. The Hall–Kier alpha value is -4.98. The lowest BCUT2D eigenvalue weighted by Crippen LogP contribution is -2.38. The number of anilines is 4. The molecule has 0 saturated carbocycles. The van der Waals surface area contributed by atoms with E-state index in [0.717, 1.165) is 100 Å². The second-order valence-corrected chi connectivity index (χ2v) is 13.8. The van der Waals surface area contributed by atoms with Crippen LogP contribution in [0.2, 0.25) is 0 Å². The average Bonchev–Trinajstić information content (AvgIpc) is 3.78. The van der Waals surface area contributed by atoms with E-state index in [9.17, 15) is 19.2 Å². The number of piperidine rings is 1. The smallest absolute Gasteiger partial charge is 0.254 e. The van der Waals surface area contributed by atoms with E-state index >= 15 is 0 Å². The van der Waals surface area contributed by atoms with E-state index in [2.05, 4.69) is 67.9 Å². The fraction of sp³-hybridized carbons (Fsp3) is 0.476. The predicted octanol–water partition coefficient (Wildman–Crippen LogP) is 4.97. The molecule has 3 aliphatic rings. The maximum Gasteiger partial charge on any atom is 0.254 e. The van der Waals surface area contributed by atoms with Gasteiger partial charge >= 0.3 is 0 Å². The van der Waals surface area contributed by atoms with Crippen LogP contribution in [0.5, 0.6) is 0 Å². The van der Waals surface area contributed by atoms with Crippen molar-refractivity contribution in [3.63, 3.8) is 0 Å². The van der Waals surface area contributed by atoms with Gasteiger partial charge in [-0.15, -0.1) is 0 Å². The Kier molecular flexibility index (Phi) is 19.2. The highest BCUT2D eigenvalue weighted by atomic mass is 16.2. The van der Waals surface area contributed by atoms with E-state index in [0.29, 0.717) is 23.5 Å². The monoisotopic (exact) mass is 755 g/mol. The zero-order valence-corrected chi connectivity index (χ0v) is 33.4. The van der Waals surface area contributed by atoms with E-state index in [-0.39, 0.29) is 12.3 Å². The van der Waals surface area contributed by atoms with Gasteiger partial charge in [0.2, 0.25) is 0 Å². The Morgan fingerprint density at radius 1 is 0.945 bits per heavy atom. The highest BCUT2D eigenvalue weighted by Gasteiger charge is 2.24. The number of carbonyl (C=O) groups excluding carboxylic acids is 4. The van der Waals surface area contributed by atoms with Crippen molar-refractivity contribution in [3.8, 4) is 0 Å². The Balaban J connectivity index is 0.000000266. The highest BCUT2D eigenvalue weighted by molar-refractivity contribution is 5.99. The molecule has 13 nitrogen and oxygen atoms in total. The summed E-state index contributed by atoms with van der Waals surface area (Å²) in [7, 11) is 8.99. The van der Waals surface area contributed by atoms with Crippen molar-refractivity contribution < 1.29 is 19.2 Å². The van der Waals surface area contributed by atoms with Crippen molar-refractivity contribution in [2.45, 2.75) is 64.0 Å². The quantitative estimate of drug-likeness (QED) is 0.214. The predicted molar refractivity (Wildman–Crippen MR) is 224 cm³/mol. The summed E-state index contributed by atoms with van der Waals surface area (Å²) < 4.78 is 0. The number of aromatic nitrogens is 2. The van der Waals surface area contributed by atoms with Crippen molar-refractivity contribution >= 4 is 53.9 Å². The normalized spacial score (nSPS) is 15.3. The van der Waals surface area contributed by atoms with Crippen LogP contribution < -0.4 is 26.2 Å². The zero-order chi connectivity index (χ0) is 40.2. The molecular weight excluding hydrogens is 695 g/mol. The third kappa shape index (κ3) is 12.8. The number of carbonyl (C=O) groups is 4. The van der Waals surface area contributed by atoms with Gasteiger partial charge in [-0.05, 0) is 114 Å². The van der Waals surface area contributed by atoms with Crippen molar-refractivity contribution in [2.24, 2.45) is 5.73 Å². The summed E-state index contributed by atoms with van der Waals surface area (Å²) in [5.41, 5.74) is 10.8. The first-order chi connectivity index (χ1) is 26.8. The number of hydrogen-bond acceptors (Lipinski definition) is 12. The van der Waals surface area contributed by atoms with E-state index in [1.807, 2.05) is 32.3 Å². The van der Waals surface area contributed by atoms with Gasteiger partial charge in [-0.3, -0.25) is 9.59 Å². The summed E-state index contributed by atoms with van der Waals surface area (Å²) in [6.45, 7) is 9.82. The van der Waals surface area contributed by atoms with Gasteiger partial charge in [0.15, 0.2) is 12.1 Å². The van der Waals surface area contributed by atoms with Gasteiger partial charge in [0.25, 0.3) is 5.91 Å². The molecule has 2 fully saturated rings. The van der Waals surface area contributed by atoms with Gasteiger partial charge in [-0.2, -0.15) is 0 Å². The lowest BCUT2D eigenvalue weighted by Gasteiger charge is -2.28. The molecule has 55 heavy (non-hydrogen) atoms. The van der Waals surface area contributed by atoms with Gasteiger partial charge in [-0.25, -0.2) is 9.97 Å². The van der Waals surface area contributed by atoms with Gasteiger partial charge in [0, 0.05) is 69.7 Å². The molecule has 3 aromatic rings. The number of likely N-dealkylation sites (N-methyl/N-ethyl adjacent to an activating group) is 2. The number of amides is 1. The molecule has 2 aromatic carbocycles. The second kappa shape index (κ2) is 23.7. The maximum atomic E-state index is 12.9. The van der Waals surface area contributed by atoms with Crippen LogP contribution in [0.15, 0.2) is 49.2 Å².